The van der Waals surface area contributed by atoms with Crippen LogP contribution in [0.25, 0.3) is 0 Å². The number of rotatable bonds is 6. The summed E-state index contributed by atoms with van der Waals surface area (Å²) in [4.78, 5) is 8.19. The summed E-state index contributed by atoms with van der Waals surface area (Å²) >= 11 is 0. The van der Waals surface area contributed by atoms with Gasteiger partial charge in [-0.1, -0.05) is 0 Å². The summed E-state index contributed by atoms with van der Waals surface area (Å²) < 4.78 is 15.9. The third kappa shape index (κ3) is 3.78. The minimum atomic E-state index is 0.555. The SMILES string of the molecule is COc1ncnc(OC)c1CNCC1CCCOC1. The second-order valence-corrected chi connectivity index (χ2v) is 4.58. The molecule has 106 valence electrons. The fourth-order valence-electron chi connectivity index (χ4n) is 2.25. The van der Waals surface area contributed by atoms with Gasteiger partial charge >= 0.3 is 0 Å². The Morgan fingerprint density at radius 3 is 2.63 bits per heavy atom. The largest absolute Gasteiger partial charge is 0.481 e. The Morgan fingerprint density at radius 2 is 2.05 bits per heavy atom. The van der Waals surface area contributed by atoms with Crippen LogP contribution in [0.2, 0.25) is 0 Å². The van der Waals surface area contributed by atoms with E-state index in [2.05, 4.69) is 15.3 Å². The van der Waals surface area contributed by atoms with Crippen LogP contribution >= 0.6 is 0 Å². The first-order valence-electron chi connectivity index (χ1n) is 6.55. The first-order chi connectivity index (χ1) is 9.35. The van der Waals surface area contributed by atoms with E-state index in [0.29, 0.717) is 24.2 Å². The molecule has 0 amide bonds. The third-order valence-electron chi connectivity index (χ3n) is 3.24. The number of nitrogens with zero attached hydrogens (tertiary/aromatic N) is 2. The van der Waals surface area contributed by atoms with E-state index in [0.717, 1.165) is 31.7 Å². The Balaban J connectivity index is 1.90. The first-order valence-corrected chi connectivity index (χ1v) is 6.55. The minimum Gasteiger partial charge on any atom is -0.481 e. The van der Waals surface area contributed by atoms with Crippen molar-refractivity contribution in [2.75, 3.05) is 34.0 Å². The van der Waals surface area contributed by atoms with Crippen LogP contribution in [-0.2, 0) is 11.3 Å². The summed E-state index contributed by atoms with van der Waals surface area (Å²) in [7, 11) is 3.19. The van der Waals surface area contributed by atoms with Gasteiger partial charge in [0.25, 0.3) is 0 Å². The van der Waals surface area contributed by atoms with Crippen LogP contribution in [0.5, 0.6) is 11.8 Å². The second-order valence-electron chi connectivity index (χ2n) is 4.58. The average Bonchev–Trinajstić information content (AvgIpc) is 2.48. The van der Waals surface area contributed by atoms with Crippen molar-refractivity contribution in [3.05, 3.63) is 11.9 Å². The molecule has 0 radical (unpaired) electrons. The highest BCUT2D eigenvalue weighted by Crippen LogP contribution is 2.23. The van der Waals surface area contributed by atoms with E-state index in [1.807, 2.05) is 0 Å². The zero-order valence-corrected chi connectivity index (χ0v) is 11.5. The van der Waals surface area contributed by atoms with Crippen molar-refractivity contribution >= 4 is 0 Å². The van der Waals surface area contributed by atoms with E-state index < -0.39 is 0 Å². The molecule has 0 aliphatic carbocycles. The van der Waals surface area contributed by atoms with E-state index in [1.54, 1.807) is 14.2 Å². The zero-order chi connectivity index (χ0) is 13.5. The second kappa shape index (κ2) is 7.25. The van der Waals surface area contributed by atoms with Crippen LogP contribution in [0.15, 0.2) is 6.33 Å². The molecule has 6 nitrogen and oxygen atoms in total. The van der Waals surface area contributed by atoms with Crippen molar-refractivity contribution in [2.45, 2.75) is 19.4 Å². The van der Waals surface area contributed by atoms with Gasteiger partial charge in [-0.05, 0) is 18.8 Å². The molecule has 0 bridgehead atoms. The molecule has 1 aromatic heterocycles. The molecule has 1 aliphatic rings. The molecule has 2 rings (SSSR count). The van der Waals surface area contributed by atoms with Gasteiger partial charge in [0.1, 0.15) is 6.33 Å². The monoisotopic (exact) mass is 267 g/mol. The fraction of sp³-hybridized carbons (Fsp3) is 0.692. The summed E-state index contributed by atoms with van der Waals surface area (Å²) in [6.07, 6.45) is 3.80. The lowest BCUT2D eigenvalue weighted by Crippen LogP contribution is -2.29. The van der Waals surface area contributed by atoms with Crippen molar-refractivity contribution in [1.29, 1.82) is 0 Å². The van der Waals surface area contributed by atoms with Gasteiger partial charge in [-0.3, -0.25) is 0 Å². The highest BCUT2D eigenvalue weighted by Gasteiger charge is 2.16. The number of hydrogen-bond donors (Lipinski definition) is 1. The van der Waals surface area contributed by atoms with Gasteiger partial charge in [0.2, 0.25) is 11.8 Å². The molecule has 0 spiro atoms. The van der Waals surface area contributed by atoms with Crippen LogP contribution in [-0.4, -0.2) is 43.9 Å². The van der Waals surface area contributed by atoms with Crippen molar-refractivity contribution < 1.29 is 14.2 Å². The quantitative estimate of drug-likeness (QED) is 0.830. The number of ether oxygens (including phenoxy) is 3. The van der Waals surface area contributed by atoms with Crippen molar-refractivity contribution in [3.8, 4) is 11.8 Å². The third-order valence-corrected chi connectivity index (χ3v) is 3.24. The van der Waals surface area contributed by atoms with Crippen LogP contribution in [0.3, 0.4) is 0 Å². The van der Waals surface area contributed by atoms with Crippen molar-refractivity contribution in [3.63, 3.8) is 0 Å². The minimum absolute atomic E-state index is 0.555. The predicted octanol–water partition coefficient (Wildman–Crippen LogP) is 1.01. The number of hydrogen-bond acceptors (Lipinski definition) is 6. The molecule has 1 saturated heterocycles. The topological polar surface area (TPSA) is 65.5 Å². The average molecular weight is 267 g/mol. The lowest BCUT2D eigenvalue weighted by Gasteiger charge is -2.22. The Bertz CT molecular complexity index is 372. The lowest BCUT2D eigenvalue weighted by molar-refractivity contribution is 0.0547. The van der Waals surface area contributed by atoms with E-state index in [1.165, 1.54) is 12.7 Å². The predicted molar refractivity (Wildman–Crippen MR) is 70.4 cm³/mol. The molecule has 1 aromatic rings. The van der Waals surface area contributed by atoms with Gasteiger partial charge in [-0.25, -0.2) is 9.97 Å². The molecule has 1 fully saturated rings. The highest BCUT2D eigenvalue weighted by molar-refractivity contribution is 5.34. The smallest absolute Gasteiger partial charge is 0.224 e. The summed E-state index contributed by atoms with van der Waals surface area (Å²) in [5, 5.41) is 3.40. The lowest BCUT2D eigenvalue weighted by atomic mass is 10.0. The molecule has 0 aromatic carbocycles. The normalized spacial score (nSPS) is 19.2. The number of aromatic nitrogens is 2. The molecule has 1 aliphatic heterocycles. The Labute approximate surface area is 113 Å². The Morgan fingerprint density at radius 1 is 1.32 bits per heavy atom. The maximum atomic E-state index is 5.46. The molecule has 1 atom stereocenters. The zero-order valence-electron chi connectivity index (χ0n) is 11.5. The van der Waals surface area contributed by atoms with E-state index in [-0.39, 0.29) is 0 Å². The fourth-order valence-corrected chi connectivity index (χ4v) is 2.25. The molecule has 1 unspecified atom stereocenters. The molecule has 0 saturated carbocycles. The molecule has 2 heterocycles. The summed E-state index contributed by atoms with van der Waals surface area (Å²) in [6.45, 7) is 3.28. The van der Waals surface area contributed by atoms with Crippen molar-refractivity contribution in [2.24, 2.45) is 5.92 Å². The molecule has 6 heteroatoms. The van der Waals surface area contributed by atoms with Gasteiger partial charge in [0.05, 0.1) is 26.4 Å². The van der Waals surface area contributed by atoms with Gasteiger partial charge in [-0.2, -0.15) is 0 Å². The van der Waals surface area contributed by atoms with E-state index in [4.69, 9.17) is 14.2 Å². The first kappa shape index (κ1) is 14.0. The standard InChI is InChI=1S/C13H21N3O3/c1-17-12-11(13(18-2)16-9-15-12)7-14-6-10-4-3-5-19-8-10/h9-10,14H,3-8H2,1-2H3. The van der Waals surface area contributed by atoms with Crippen molar-refractivity contribution in [1.82, 2.24) is 15.3 Å². The summed E-state index contributed by atoms with van der Waals surface area (Å²) in [5.41, 5.74) is 0.851. The van der Waals surface area contributed by atoms with Gasteiger partial charge in [0, 0.05) is 19.7 Å². The number of nitrogens with one attached hydrogen (secondary N) is 1. The van der Waals surface area contributed by atoms with Gasteiger partial charge in [0.15, 0.2) is 0 Å². The maximum absolute atomic E-state index is 5.46. The molecular weight excluding hydrogens is 246 g/mol. The summed E-state index contributed by atoms with van der Waals surface area (Å²) in [5.74, 6) is 1.69. The Kier molecular flexibility index (Phi) is 5.35. The summed E-state index contributed by atoms with van der Waals surface area (Å²) in [6, 6.07) is 0. The highest BCUT2D eigenvalue weighted by atomic mass is 16.5. The van der Waals surface area contributed by atoms with Gasteiger partial charge in [-0.15, -0.1) is 0 Å². The van der Waals surface area contributed by atoms with Crippen LogP contribution < -0.4 is 14.8 Å². The molecular formula is C13H21N3O3. The van der Waals surface area contributed by atoms with E-state index >= 15 is 0 Å². The molecule has 19 heavy (non-hydrogen) atoms. The Hall–Kier alpha value is -1.40. The van der Waals surface area contributed by atoms with E-state index in [9.17, 15) is 0 Å². The van der Waals surface area contributed by atoms with Crippen LogP contribution in [0.4, 0.5) is 0 Å². The van der Waals surface area contributed by atoms with Gasteiger partial charge < -0.3 is 19.5 Å². The maximum Gasteiger partial charge on any atom is 0.224 e. The number of methoxy groups -OCH3 is 2. The molecule has 1 N–H and O–H groups in total. The van der Waals surface area contributed by atoms with Crippen LogP contribution in [0, 0.1) is 5.92 Å². The van der Waals surface area contributed by atoms with Crippen LogP contribution in [0.1, 0.15) is 18.4 Å².